The average Bonchev–Trinajstić information content (AvgIpc) is 2.27. The second-order valence-corrected chi connectivity index (χ2v) is 8.64. The van der Waals surface area contributed by atoms with Gasteiger partial charge in [-0.3, -0.25) is 4.79 Å². The van der Waals surface area contributed by atoms with Gasteiger partial charge in [0, 0.05) is 25.6 Å². The summed E-state index contributed by atoms with van der Waals surface area (Å²) in [5.74, 6) is 0.206. The molecule has 1 rings (SSSR count). The summed E-state index contributed by atoms with van der Waals surface area (Å²) < 4.78 is 24.9. The minimum Gasteiger partial charge on any atom is -0.353 e. The molecular weight excluding hydrogens is 264 g/mol. The summed E-state index contributed by atoms with van der Waals surface area (Å²) in [4.78, 5) is 11.8. The van der Waals surface area contributed by atoms with Crippen LogP contribution in [0.4, 0.5) is 0 Å². The monoisotopic (exact) mass is 290 g/mol. The van der Waals surface area contributed by atoms with E-state index in [-0.39, 0.29) is 23.1 Å². The van der Waals surface area contributed by atoms with E-state index in [2.05, 4.69) is 5.32 Å². The van der Waals surface area contributed by atoms with E-state index in [4.69, 9.17) is 0 Å². The van der Waals surface area contributed by atoms with Gasteiger partial charge in [-0.15, -0.1) is 0 Å². The highest BCUT2D eigenvalue weighted by atomic mass is 32.2. The SMILES string of the molecule is CCS(=O)(=O)N1CCC(NC(=O)CC(C)(C)C)CC1. The third-order valence-corrected chi connectivity index (χ3v) is 5.15. The molecule has 1 heterocycles. The van der Waals surface area contributed by atoms with Crippen molar-refractivity contribution in [2.24, 2.45) is 5.41 Å². The number of hydrogen-bond donors (Lipinski definition) is 1. The molecule has 6 heteroatoms. The van der Waals surface area contributed by atoms with Gasteiger partial charge in [0.1, 0.15) is 0 Å². The van der Waals surface area contributed by atoms with Gasteiger partial charge < -0.3 is 5.32 Å². The highest BCUT2D eigenvalue weighted by Gasteiger charge is 2.28. The first kappa shape index (κ1) is 16.4. The molecule has 0 atom stereocenters. The molecule has 5 nitrogen and oxygen atoms in total. The third kappa shape index (κ3) is 5.48. The Balaban J connectivity index is 2.41. The lowest BCUT2D eigenvalue weighted by molar-refractivity contribution is -0.123. The van der Waals surface area contributed by atoms with Gasteiger partial charge in [-0.1, -0.05) is 20.8 Å². The number of amides is 1. The second kappa shape index (κ2) is 6.22. The molecule has 0 aromatic rings. The number of piperidine rings is 1. The Morgan fingerprint density at radius 2 is 1.79 bits per heavy atom. The summed E-state index contributed by atoms with van der Waals surface area (Å²) in [7, 11) is -3.08. The molecule has 0 aliphatic carbocycles. The summed E-state index contributed by atoms with van der Waals surface area (Å²) in [6.07, 6.45) is 1.91. The highest BCUT2D eigenvalue weighted by Crippen LogP contribution is 2.19. The van der Waals surface area contributed by atoms with E-state index in [1.165, 1.54) is 4.31 Å². The topological polar surface area (TPSA) is 66.5 Å². The fourth-order valence-corrected chi connectivity index (χ4v) is 3.35. The Labute approximate surface area is 116 Å². The van der Waals surface area contributed by atoms with Crippen LogP contribution in [0.3, 0.4) is 0 Å². The van der Waals surface area contributed by atoms with E-state index in [9.17, 15) is 13.2 Å². The van der Waals surface area contributed by atoms with Crippen LogP contribution in [0.25, 0.3) is 0 Å². The van der Waals surface area contributed by atoms with Crippen LogP contribution in [0.1, 0.15) is 47.0 Å². The molecule has 1 amide bonds. The molecule has 1 N–H and O–H groups in total. The largest absolute Gasteiger partial charge is 0.353 e. The first-order chi connectivity index (χ1) is 8.64. The smallest absolute Gasteiger partial charge is 0.220 e. The molecule has 1 aliphatic heterocycles. The maximum absolute atomic E-state index is 11.8. The van der Waals surface area contributed by atoms with Crippen molar-refractivity contribution in [1.82, 2.24) is 9.62 Å². The van der Waals surface area contributed by atoms with Gasteiger partial charge in [-0.2, -0.15) is 0 Å². The summed E-state index contributed by atoms with van der Waals surface area (Å²) in [6.45, 7) is 8.77. The van der Waals surface area contributed by atoms with Crippen molar-refractivity contribution < 1.29 is 13.2 Å². The number of carbonyl (C=O) groups excluding carboxylic acids is 1. The van der Waals surface area contributed by atoms with Gasteiger partial charge in [-0.05, 0) is 25.2 Å². The van der Waals surface area contributed by atoms with Gasteiger partial charge in [-0.25, -0.2) is 12.7 Å². The van der Waals surface area contributed by atoms with Crippen LogP contribution in [0.5, 0.6) is 0 Å². The molecule has 0 aromatic carbocycles. The standard InChI is InChI=1S/C13H26N2O3S/c1-5-19(17,18)15-8-6-11(7-9-15)14-12(16)10-13(2,3)4/h11H,5-10H2,1-4H3,(H,14,16). The molecule has 19 heavy (non-hydrogen) atoms. The van der Waals surface area contributed by atoms with Gasteiger partial charge >= 0.3 is 0 Å². The number of nitrogens with one attached hydrogen (secondary N) is 1. The predicted molar refractivity (Wildman–Crippen MR) is 76.3 cm³/mol. The first-order valence-electron chi connectivity index (χ1n) is 6.91. The van der Waals surface area contributed by atoms with Crippen LogP contribution in [0, 0.1) is 5.41 Å². The zero-order chi connectivity index (χ0) is 14.7. The fraction of sp³-hybridized carbons (Fsp3) is 0.923. The average molecular weight is 290 g/mol. The molecule has 1 saturated heterocycles. The lowest BCUT2D eigenvalue weighted by Crippen LogP contribution is -2.47. The lowest BCUT2D eigenvalue weighted by Gasteiger charge is -2.32. The second-order valence-electron chi connectivity index (χ2n) is 6.38. The quantitative estimate of drug-likeness (QED) is 0.850. The first-order valence-corrected chi connectivity index (χ1v) is 8.52. The van der Waals surface area contributed by atoms with Gasteiger partial charge in [0.15, 0.2) is 0 Å². The molecule has 0 bridgehead atoms. The molecule has 0 spiro atoms. The van der Waals surface area contributed by atoms with Crippen molar-refractivity contribution in [2.75, 3.05) is 18.8 Å². The molecule has 1 fully saturated rings. The van der Waals surface area contributed by atoms with Gasteiger partial charge in [0.2, 0.25) is 15.9 Å². The van der Waals surface area contributed by atoms with Crippen molar-refractivity contribution in [3.8, 4) is 0 Å². The normalized spacial score (nSPS) is 19.4. The van der Waals surface area contributed by atoms with Crippen molar-refractivity contribution in [2.45, 2.75) is 53.0 Å². The van der Waals surface area contributed by atoms with E-state index in [0.717, 1.165) is 0 Å². The zero-order valence-corrected chi connectivity index (χ0v) is 13.2. The maximum atomic E-state index is 11.8. The van der Waals surface area contributed by atoms with Crippen molar-refractivity contribution in [1.29, 1.82) is 0 Å². The van der Waals surface area contributed by atoms with Crippen molar-refractivity contribution in [3.63, 3.8) is 0 Å². The summed E-state index contributed by atoms with van der Waals surface area (Å²) in [5.41, 5.74) is -0.0175. The minimum absolute atomic E-state index is 0.0175. The Kier molecular flexibility index (Phi) is 5.38. The summed E-state index contributed by atoms with van der Waals surface area (Å²) in [6, 6.07) is 0.109. The molecule has 0 saturated carbocycles. The fourth-order valence-electron chi connectivity index (χ4n) is 2.22. The van der Waals surface area contributed by atoms with Crippen LogP contribution < -0.4 is 5.32 Å². The molecule has 0 aromatic heterocycles. The Morgan fingerprint density at radius 1 is 1.26 bits per heavy atom. The van der Waals surface area contributed by atoms with E-state index in [0.29, 0.717) is 32.4 Å². The Bertz CT molecular complexity index is 404. The van der Waals surface area contributed by atoms with Crippen LogP contribution in [0.15, 0.2) is 0 Å². The van der Waals surface area contributed by atoms with Crippen LogP contribution in [-0.4, -0.2) is 43.5 Å². The number of nitrogens with zero attached hydrogens (tertiary/aromatic N) is 1. The van der Waals surface area contributed by atoms with Gasteiger partial charge in [0.25, 0.3) is 0 Å². The molecular formula is C13H26N2O3S. The summed E-state index contributed by atoms with van der Waals surface area (Å²) >= 11 is 0. The molecule has 112 valence electrons. The van der Waals surface area contributed by atoms with E-state index in [1.54, 1.807) is 6.92 Å². The maximum Gasteiger partial charge on any atom is 0.220 e. The molecule has 0 unspecified atom stereocenters. The molecule has 1 aliphatic rings. The molecule has 0 radical (unpaired) electrons. The lowest BCUT2D eigenvalue weighted by atomic mass is 9.91. The van der Waals surface area contributed by atoms with Crippen molar-refractivity contribution in [3.05, 3.63) is 0 Å². The van der Waals surface area contributed by atoms with Gasteiger partial charge in [0.05, 0.1) is 5.75 Å². The number of rotatable bonds is 4. The van der Waals surface area contributed by atoms with Crippen LogP contribution >= 0.6 is 0 Å². The Morgan fingerprint density at radius 3 is 2.21 bits per heavy atom. The van der Waals surface area contributed by atoms with Crippen LogP contribution in [-0.2, 0) is 14.8 Å². The van der Waals surface area contributed by atoms with E-state index < -0.39 is 10.0 Å². The minimum atomic E-state index is -3.08. The number of hydrogen-bond acceptors (Lipinski definition) is 3. The summed E-state index contributed by atoms with van der Waals surface area (Å²) in [5, 5.41) is 3.00. The Hall–Kier alpha value is -0.620. The number of sulfonamides is 1. The highest BCUT2D eigenvalue weighted by molar-refractivity contribution is 7.89. The van der Waals surface area contributed by atoms with E-state index in [1.807, 2.05) is 20.8 Å². The number of carbonyl (C=O) groups is 1. The predicted octanol–water partition coefficient (Wildman–Crippen LogP) is 1.35. The van der Waals surface area contributed by atoms with Crippen molar-refractivity contribution >= 4 is 15.9 Å². The third-order valence-electron chi connectivity index (χ3n) is 3.27. The van der Waals surface area contributed by atoms with E-state index >= 15 is 0 Å². The van der Waals surface area contributed by atoms with Crippen LogP contribution in [0.2, 0.25) is 0 Å². The zero-order valence-electron chi connectivity index (χ0n) is 12.4.